The quantitative estimate of drug-likeness (QED) is 0.470. The number of halogens is 3. The second-order valence-corrected chi connectivity index (χ2v) is 12.0. The van der Waals surface area contributed by atoms with Crippen LogP contribution in [0.3, 0.4) is 0 Å². The van der Waals surface area contributed by atoms with Crippen LogP contribution < -0.4 is 10.4 Å². The maximum absolute atomic E-state index is 14.5. The predicted molar refractivity (Wildman–Crippen MR) is 108 cm³/mol. The van der Waals surface area contributed by atoms with Crippen molar-refractivity contribution in [1.82, 2.24) is 0 Å². The molecule has 0 saturated carbocycles. The number of alkyl halides is 3. The Morgan fingerprint density at radius 1 is 0.926 bits per heavy atom. The van der Waals surface area contributed by atoms with Crippen molar-refractivity contribution in [2.45, 2.75) is 45.3 Å². The Kier molecular flexibility index (Phi) is 7.06. The minimum atomic E-state index is -2.85. The minimum Gasteiger partial charge on any atom is -0.404 e. The number of hydrogen-bond donors (Lipinski definition) is 0. The molecule has 0 bridgehead atoms. The van der Waals surface area contributed by atoms with Crippen molar-refractivity contribution >= 4 is 18.7 Å². The normalized spacial score (nSPS) is 14.4. The van der Waals surface area contributed by atoms with Gasteiger partial charge in [-0.3, -0.25) is 0 Å². The summed E-state index contributed by atoms with van der Waals surface area (Å²) in [6.45, 7) is 7.25. The third kappa shape index (κ3) is 4.90. The lowest BCUT2D eigenvalue weighted by atomic mass is 10.2. The molecule has 1 atom stereocenters. The van der Waals surface area contributed by atoms with Crippen LogP contribution in [-0.4, -0.2) is 27.5 Å². The van der Waals surface area contributed by atoms with Crippen LogP contribution in [-0.2, 0) is 4.43 Å². The third-order valence-electron chi connectivity index (χ3n) is 4.66. The van der Waals surface area contributed by atoms with Gasteiger partial charge in [-0.05, 0) is 34.0 Å². The molecule has 0 aliphatic rings. The summed E-state index contributed by atoms with van der Waals surface area (Å²) in [5, 5.41) is 1.78. The standard InChI is InChI=1S/C22H27F3OSi/c1-17(21(24)25)15-18(23)16-26-27(22(2,3)4,19-11-7-5-8-12-19)20-13-9-6-10-14-20/h5-15,18,21H,16H2,1-4H3. The second kappa shape index (κ2) is 8.89. The van der Waals surface area contributed by atoms with Gasteiger partial charge in [-0.1, -0.05) is 81.4 Å². The molecule has 2 rings (SSSR count). The predicted octanol–water partition coefficient (Wildman–Crippen LogP) is 5.11. The Morgan fingerprint density at radius 3 is 1.74 bits per heavy atom. The summed E-state index contributed by atoms with van der Waals surface area (Å²) in [6, 6.07) is 19.7. The largest absolute Gasteiger partial charge is 0.404 e. The molecule has 0 saturated heterocycles. The van der Waals surface area contributed by atoms with Crippen molar-refractivity contribution in [3.05, 3.63) is 72.3 Å². The molecule has 0 amide bonds. The lowest BCUT2D eigenvalue weighted by Crippen LogP contribution is -2.67. The van der Waals surface area contributed by atoms with Gasteiger partial charge in [0.1, 0.15) is 6.17 Å². The SMILES string of the molecule is CC(=CC(F)CO[Si](c1ccccc1)(c1ccccc1)C(C)(C)C)C(F)F. The van der Waals surface area contributed by atoms with Crippen LogP contribution in [0, 0.1) is 0 Å². The summed E-state index contributed by atoms with van der Waals surface area (Å²) in [6.07, 6.45) is -3.28. The highest BCUT2D eigenvalue weighted by Crippen LogP contribution is 2.36. The Labute approximate surface area is 161 Å². The van der Waals surface area contributed by atoms with Crippen molar-refractivity contribution < 1.29 is 17.6 Å². The average molecular weight is 393 g/mol. The van der Waals surface area contributed by atoms with Crippen molar-refractivity contribution in [2.75, 3.05) is 6.61 Å². The Balaban J connectivity index is 2.48. The molecule has 146 valence electrons. The van der Waals surface area contributed by atoms with Gasteiger partial charge in [0.05, 0.1) is 6.61 Å². The molecule has 0 aliphatic heterocycles. The molecule has 5 heteroatoms. The molecule has 1 unspecified atom stereocenters. The molecule has 0 aromatic heterocycles. The fourth-order valence-electron chi connectivity index (χ4n) is 3.37. The fourth-order valence-corrected chi connectivity index (χ4v) is 7.94. The van der Waals surface area contributed by atoms with E-state index in [1.807, 2.05) is 60.7 Å². The van der Waals surface area contributed by atoms with Gasteiger partial charge in [-0.2, -0.15) is 0 Å². The number of hydrogen-bond acceptors (Lipinski definition) is 1. The molecule has 27 heavy (non-hydrogen) atoms. The van der Waals surface area contributed by atoms with Crippen LogP contribution in [0.25, 0.3) is 0 Å². The first-order valence-corrected chi connectivity index (χ1v) is 10.9. The molecule has 1 nitrogen and oxygen atoms in total. The molecule has 0 fully saturated rings. The van der Waals surface area contributed by atoms with Crippen molar-refractivity contribution in [2.24, 2.45) is 0 Å². The van der Waals surface area contributed by atoms with E-state index in [0.29, 0.717) is 0 Å². The van der Waals surface area contributed by atoms with Gasteiger partial charge < -0.3 is 4.43 Å². The van der Waals surface area contributed by atoms with Crippen LogP contribution >= 0.6 is 0 Å². The highest BCUT2D eigenvalue weighted by Gasteiger charge is 2.50. The van der Waals surface area contributed by atoms with Crippen molar-refractivity contribution in [1.29, 1.82) is 0 Å². The average Bonchev–Trinajstić information content (AvgIpc) is 2.62. The first-order valence-electron chi connectivity index (χ1n) is 9.04. The Hall–Kier alpha value is -1.85. The zero-order chi connectivity index (χ0) is 20.1. The van der Waals surface area contributed by atoms with Gasteiger partial charge in [0.25, 0.3) is 14.7 Å². The highest BCUT2D eigenvalue weighted by molar-refractivity contribution is 6.99. The summed E-state index contributed by atoms with van der Waals surface area (Å²) in [7, 11) is -2.85. The van der Waals surface area contributed by atoms with E-state index in [0.717, 1.165) is 16.4 Å². The topological polar surface area (TPSA) is 9.23 Å². The summed E-state index contributed by atoms with van der Waals surface area (Å²) < 4.78 is 46.3. The van der Waals surface area contributed by atoms with E-state index >= 15 is 0 Å². The monoisotopic (exact) mass is 392 g/mol. The molecule has 2 aromatic carbocycles. The van der Waals surface area contributed by atoms with Gasteiger partial charge in [0, 0.05) is 0 Å². The van der Waals surface area contributed by atoms with E-state index in [9.17, 15) is 13.2 Å². The van der Waals surface area contributed by atoms with Crippen LogP contribution in [0.2, 0.25) is 5.04 Å². The van der Waals surface area contributed by atoms with E-state index in [1.165, 1.54) is 6.92 Å². The summed E-state index contributed by atoms with van der Waals surface area (Å²) >= 11 is 0. The highest BCUT2D eigenvalue weighted by atomic mass is 28.4. The third-order valence-corrected chi connectivity index (χ3v) is 9.67. The lowest BCUT2D eigenvalue weighted by Gasteiger charge is -2.43. The second-order valence-electron chi connectivity index (χ2n) is 7.70. The Morgan fingerprint density at radius 2 is 1.37 bits per heavy atom. The molecule has 0 aliphatic carbocycles. The first-order chi connectivity index (χ1) is 12.7. The van der Waals surface area contributed by atoms with E-state index < -0.39 is 20.9 Å². The fraction of sp³-hybridized carbons (Fsp3) is 0.364. The van der Waals surface area contributed by atoms with E-state index in [4.69, 9.17) is 4.43 Å². The van der Waals surface area contributed by atoms with Crippen LogP contribution in [0.5, 0.6) is 0 Å². The molecule has 0 heterocycles. The summed E-state index contributed by atoms with van der Waals surface area (Å²) in [4.78, 5) is 0. The minimum absolute atomic E-state index is 0.253. The van der Waals surface area contributed by atoms with Gasteiger partial charge in [0.2, 0.25) is 0 Å². The van der Waals surface area contributed by atoms with Crippen LogP contribution in [0.4, 0.5) is 13.2 Å². The van der Waals surface area contributed by atoms with Gasteiger partial charge >= 0.3 is 0 Å². The van der Waals surface area contributed by atoms with Crippen molar-refractivity contribution in [3.63, 3.8) is 0 Å². The van der Waals surface area contributed by atoms with Crippen molar-refractivity contribution in [3.8, 4) is 0 Å². The summed E-state index contributed by atoms with van der Waals surface area (Å²) in [5.41, 5.74) is -0.270. The van der Waals surface area contributed by atoms with E-state index in [1.54, 1.807) is 0 Å². The molecular weight excluding hydrogens is 365 g/mol. The molecule has 0 N–H and O–H groups in total. The van der Waals surface area contributed by atoms with Crippen LogP contribution in [0.1, 0.15) is 27.7 Å². The van der Waals surface area contributed by atoms with Crippen LogP contribution in [0.15, 0.2) is 72.3 Å². The maximum Gasteiger partial charge on any atom is 0.261 e. The van der Waals surface area contributed by atoms with E-state index in [-0.39, 0.29) is 17.2 Å². The van der Waals surface area contributed by atoms with Gasteiger partial charge in [-0.15, -0.1) is 0 Å². The molecule has 0 spiro atoms. The Bertz CT molecular complexity index is 700. The number of allylic oxidation sites excluding steroid dienone is 1. The number of rotatable bonds is 7. The first kappa shape index (κ1) is 21.4. The number of benzene rings is 2. The molecule has 0 radical (unpaired) electrons. The van der Waals surface area contributed by atoms with Gasteiger partial charge in [-0.25, -0.2) is 13.2 Å². The maximum atomic E-state index is 14.5. The lowest BCUT2D eigenvalue weighted by molar-refractivity contribution is 0.182. The molecule has 2 aromatic rings. The summed E-state index contributed by atoms with van der Waals surface area (Å²) in [5.74, 6) is 0. The smallest absolute Gasteiger partial charge is 0.261 e. The van der Waals surface area contributed by atoms with Gasteiger partial charge in [0.15, 0.2) is 0 Å². The zero-order valence-corrected chi connectivity index (χ0v) is 17.3. The zero-order valence-electron chi connectivity index (χ0n) is 16.3. The van der Waals surface area contributed by atoms with E-state index in [2.05, 4.69) is 20.8 Å². The molecular formula is C22H27F3OSi.